The number of hydrogen-bond acceptors (Lipinski definition) is 5. The summed E-state index contributed by atoms with van der Waals surface area (Å²) in [5, 5.41) is 13.2. The molecule has 0 aliphatic carbocycles. The average molecular weight is 281 g/mol. The van der Waals surface area contributed by atoms with Gasteiger partial charge < -0.3 is 15.8 Å². The van der Waals surface area contributed by atoms with Crippen molar-refractivity contribution < 1.29 is 14.5 Å². The molecule has 1 amide bonds. The van der Waals surface area contributed by atoms with E-state index in [0.29, 0.717) is 26.0 Å². The second kappa shape index (κ2) is 8.23. The van der Waals surface area contributed by atoms with Crippen LogP contribution in [0.15, 0.2) is 24.3 Å². The van der Waals surface area contributed by atoms with E-state index in [0.717, 1.165) is 5.56 Å². The Labute approximate surface area is 117 Å². The van der Waals surface area contributed by atoms with Crippen LogP contribution >= 0.6 is 0 Å². The van der Waals surface area contributed by atoms with Crippen molar-refractivity contribution in [2.24, 2.45) is 5.73 Å². The number of nitrogens with zero attached hydrogens (tertiary/aromatic N) is 1. The molecule has 1 rings (SSSR count). The zero-order chi connectivity index (χ0) is 15.0. The third-order valence-electron chi connectivity index (χ3n) is 2.83. The minimum absolute atomic E-state index is 0.0550. The summed E-state index contributed by atoms with van der Waals surface area (Å²) < 4.78 is 4.85. The minimum atomic E-state index is -0.577. The molecular formula is C13H19N3O4. The van der Waals surface area contributed by atoms with E-state index in [1.54, 1.807) is 19.2 Å². The van der Waals surface area contributed by atoms with Gasteiger partial charge in [0.1, 0.15) is 0 Å². The molecule has 7 nitrogen and oxygen atoms in total. The maximum Gasteiger partial charge on any atom is 0.269 e. The Morgan fingerprint density at radius 1 is 1.45 bits per heavy atom. The van der Waals surface area contributed by atoms with Gasteiger partial charge in [0.25, 0.3) is 5.69 Å². The number of nitro benzene ring substituents is 1. The molecule has 0 spiro atoms. The van der Waals surface area contributed by atoms with Crippen molar-refractivity contribution in [3.63, 3.8) is 0 Å². The lowest BCUT2D eigenvalue weighted by atomic mass is 10.1. The van der Waals surface area contributed by atoms with Gasteiger partial charge in [0, 0.05) is 32.4 Å². The molecule has 0 saturated carbocycles. The third kappa shape index (κ3) is 5.33. The number of amides is 1. The monoisotopic (exact) mass is 281 g/mol. The number of carbonyl (C=O) groups excluding carboxylic acids is 1. The molecule has 0 aliphatic heterocycles. The van der Waals surface area contributed by atoms with Crippen molar-refractivity contribution in [3.8, 4) is 0 Å². The zero-order valence-corrected chi connectivity index (χ0v) is 11.4. The highest BCUT2D eigenvalue weighted by molar-refractivity contribution is 5.81. The van der Waals surface area contributed by atoms with Gasteiger partial charge in [-0.05, 0) is 18.4 Å². The summed E-state index contributed by atoms with van der Waals surface area (Å²) in [4.78, 5) is 21.7. The number of rotatable bonds is 8. The van der Waals surface area contributed by atoms with Crippen LogP contribution in [0.2, 0.25) is 0 Å². The van der Waals surface area contributed by atoms with Crippen molar-refractivity contribution in [1.82, 2.24) is 5.32 Å². The second-order valence-corrected chi connectivity index (χ2v) is 4.35. The number of nitrogens with two attached hydrogens (primary N) is 1. The topological polar surface area (TPSA) is 107 Å². The van der Waals surface area contributed by atoms with Gasteiger partial charge in [-0.3, -0.25) is 14.9 Å². The predicted octanol–water partition coefficient (Wildman–Crippen LogP) is 0.617. The number of benzene rings is 1. The summed E-state index contributed by atoms with van der Waals surface area (Å²) in [6.45, 7) is 0.883. The van der Waals surface area contributed by atoms with Crippen LogP contribution in [0.3, 0.4) is 0 Å². The van der Waals surface area contributed by atoms with Crippen LogP contribution in [0, 0.1) is 10.1 Å². The third-order valence-corrected chi connectivity index (χ3v) is 2.83. The molecule has 1 aromatic rings. The fourth-order valence-electron chi connectivity index (χ4n) is 1.62. The normalized spacial score (nSPS) is 11.9. The SMILES string of the molecule is COCCC(N)C(=O)NCCc1ccc([N+](=O)[O-])cc1. The molecule has 0 bridgehead atoms. The Kier molecular flexibility index (Phi) is 6.61. The summed E-state index contributed by atoms with van der Waals surface area (Å²) in [6, 6.07) is 5.67. The number of ether oxygens (including phenoxy) is 1. The second-order valence-electron chi connectivity index (χ2n) is 4.35. The van der Waals surface area contributed by atoms with Crippen molar-refractivity contribution >= 4 is 11.6 Å². The molecule has 0 saturated heterocycles. The maximum atomic E-state index is 11.6. The van der Waals surface area contributed by atoms with E-state index in [-0.39, 0.29) is 11.6 Å². The highest BCUT2D eigenvalue weighted by Crippen LogP contribution is 2.11. The Morgan fingerprint density at radius 2 is 2.10 bits per heavy atom. The van der Waals surface area contributed by atoms with Gasteiger partial charge in [0.15, 0.2) is 0 Å². The first-order chi connectivity index (χ1) is 9.54. The number of hydrogen-bond donors (Lipinski definition) is 2. The standard InChI is InChI=1S/C13H19N3O4/c1-20-9-7-12(14)13(17)15-8-6-10-2-4-11(5-3-10)16(18)19/h2-5,12H,6-9,14H2,1H3,(H,15,17). The van der Waals surface area contributed by atoms with Crippen LogP contribution in [0.4, 0.5) is 5.69 Å². The van der Waals surface area contributed by atoms with E-state index in [2.05, 4.69) is 5.32 Å². The lowest BCUT2D eigenvalue weighted by Crippen LogP contribution is -2.41. The lowest BCUT2D eigenvalue weighted by Gasteiger charge is -2.11. The van der Waals surface area contributed by atoms with Crippen LogP contribution in [0.5, 0.6) is 0 Å². The van der Waals surface area contributed by atoms with Gasteiger partial charge in [-0.2, -0.15) is 0 Å². The van der Waals surface area contributed by atoms with Gasteiger partial charge in [-0.25, -0.2) is 0 Å². The number of nitrogens with one attached hydrogen (secondary N) is 1. The van der Waals surface area contributed by atoms with E-state index < -0.39 is 11.0 Å². The molecule has 3 N–H and O–H groups in total. The van der Waals surface area contributed by atoms with Gasteiger partial charge >= 0.3 is 0 Å². The van der Waals surface area contributed by atoms with Gasteiger partial charge in [-0.1, -0.05) is 12.1 Å². The average Bonchev–Trinajstić information content (AvgIpc) is 2.45. The van der Waals surface area contributed by atoms with Crippen molar-refractivity contribution in [2.45, 2.75) is 18.9 Å². The van der Waals surface area contributed by atoms with Crippen LogP contribution in [0.25, 0.3) is 0 Å². The Hall–Kier alpha value is -1.99. The molecule has 0 aliphatic rings. The van der Waals surface area contributed by atoms with Crippen LogP contribution in [-0.2, 0) is 16.0 Å². The summed E-state index contributed by atoms with van der Waals surface area (Å²) in [5.41, 5.74) is 6.64. The quantitative estimate of drug-likeness (QED) is 0.536. The summed E-state index contributed by atoms with van der Waals surface area (Å²) in [7, 11) is 1.55. The van der Waals surface area contributed by atoms with Crippen LogP contribution in [0.1, 0.15) is 12.0 Å². The molecule has 110 valence electrons. The number of nitro groups is 1. The Morgan fingerprint density at radius 3 is 2.65 bits per heavy atom. The number of carbonyl (C=O) groups is 1. The van der Waals surface area contributed by atoms with Crippen LogP contribution in [-0.4, -0.2) is 37.1 Å². The summed E-state index contributed by atoms with van der Waals surface area (Å²) in [5.74, 6) is -0.219. The van der Waals surface area contributed by atoms with Gasteiger partial charge in [0.2, 0.25) is 5.91 Å². The fraction of sp³-hybridized carbons (Fsp3) is 0.462. The highest BCUT2D eigenvalue weighted by Gasteiger charge is 2.12. The number of non-ortho nitro benzene ring substituents is 1. The molecule has 0 aromatic heterocycles. The van der Waals surface area contributed by atoms with Crippen LogP contribution < -0.4 is 11.1 Å². The number of methoxy groups -OCH3 is 1. The molecule has 0 fully saturated rings. The van der Waals surface area contributed by atoms with E-state index in [9.17, 15) is 14.9 Å². The van der Waals surface area contributed by atoms with E-state index in [4.69, 9.17) is 10.5 Å². The maximum absolute atomic E-state index is 11.6. The van der Waals surface area contributed by atoms with Crippen molar-refractivity contribution in [1.29, 1.82) is 0 Å². The Balaban J connectivity index is 2.33. The zero-order valence-electron chi connectivity index (χ0n) is 11.4. The highest BCUT2D eigenvalue weighted by atomic mass is 16.6. The summed E-state index contributed by atoms with van der Waals surface area (Å²) >= 11 is 0. The van der Waals surface area contributed by atoms with E-state index >= 15 is 0 Å². The molecular weight excluding hydrogens is 262 g/mol. The van der Waals surface area contributed by atoms with Crippen molar-refractivity contribution in [3.05, 3.63) is 39.9 Å². The van der Waals surface area contributed by atoms with Gasteiger partial charge in [-0.15, -0.1) is 0 Å². The predicted molar refractivity (Wildman–Crippen MR) is 74.3 cm³/mol. The van der Waals surface area contributed by atoms with E-state index in [1.807, 2.05) is 0 Å². The summed E-state index contributed by atoms with van der Waals surface area (Å²) in [6.07, 6.45) is 1.07. The molecule has 0 heterocycles. The molecule has 20 heavy (non-hydrogen) atoms. The smallest absolute Gasteiger partial charge is 0.269 e. The molecule has 1 unspecified atom stereocenters. The molecule has 7 heteroatoms. The van der Waals surface area contributed by atoms with E-state index in [1.165, 1.54) is 12.1 Å². The molecule has 1 atom stereocenters. The molecule has 0 radical (unpaired) electrons. The minimum Gasteiger partial charge on any atom is -0.385 e. The van der Waals surface area contributed by atoms with Gasteiger partial charge in [0.05, 0.1) is 11.0 Å². The first kappa shape index (κ1) is 16.1. The first-order valence-corrected chi connectivity index (χ1v) is 6.30. The van der Waals surface area contributed by atoms with Crippen molar-refractivity contribution in [2.75, 3.05) is 20.3 Å². The fourth-order valence-corrected chi connectivity index (χ4v) is 1.62. The lowest BCUT2D eigenvalue weighted by molar-refractivity contribution is -0.384. The first-order valence-electron chi connectivity index (χ1n) is 6.30. The largest absolute Gasteiger partial charge is 0.385 e. The Bertz CT molecular complexity index is 447. The molecule has 1 aromatic carbocycles.